The fourth-order valence-corrected chi connectivity index (χ4v) is 2.34. The zero-order valence-electron chi connectivity index (χ0n) is 12.7. The maximum absolute atomic E-state index is 11.9. The molecule has 0 spiro atoms. The maximum Gasteiger partial charge on any atom is 0.309 e. The summed E-state index contributed by atoms with van der Waals surface area (Å²) in [7, 11) is 0. The first-order valence-corrected chi connectivity index (χ1v) is 7.44. The van der Waals surface area contributed by atoms with Gasteiger partial charge in [-0.15, -0.1) is 0 Å². The largest absolute Gasteiger partial charge is 0.388 e. The van der Waals surface area contributed by atoms with Crippen LogP contribution < -0.4 is 10.6 Å². The number of hydrogen-bond donors (Lipinski definition) is 3. The number of carbonyl (C=O) groups excluding carboxylic acids is 2. The van der Waals surface area contributed by atoms with Gasteiger partial charge in [0.2, 0.25) is 0 Å². The zero-order valence-corrected chi connectivity index (χ0v) is 12.7. The summed E-state index contributed by atoms with van der Waals surface area (Å²) >= 11 is 0. The van der Waals surface area contributed by atoms with Crippen LogP contribution in [0.25, 0.3) is 0 Å². The van der Waals surface area contributed by atoms with Gasteiger partial charge in [0.25, 0.3) is 0 Å². The number of amides is 2. The molecule has 2 amide bonds. The van der Waals surface area contributed by atoms with Gasteiger partial charge in [-0.05, 0) is 12.5 Å². The second-order valence-electron chi connectivity index (χ2n) is 5.63. The summed E-state index contributed by atoms with van der Waals surface area (Å²) in [5.74, 6) is -1.44. The fourth-order valence-electron chi connectivity index (χ4n) is 2.34. The van der Waals surface area contributed by atoms with E-state index in [1.165, 1.54) is 0 Å². The minimum atomic E-state index is -0.987. The highest BCUT2D eigenvalue weighted by atomic mass is 16.5. The predicted octanol–water partition coefficient (Wildman–Crippen LogP) is 0.522. The number of ether oxygens (including phenoxy) is 1. The summed E-state index contributed by atoms with van der Waals surface area (Å²) in [6.45, 7) is 2.79. The van der Waals surface area contributed by atoms with Crippen molar-refractivity contribution in [2.24, 2.45) is 0 Å². The van der Waals surface area contributed by atoms with Gasteiger partial charge in [-0.1, -0.05) is 30.3 Å². The topological polar surface area (TPSA) is 87.7 Å². The molecule has 0 aliphatic carbocycles. The molecule has 1 saturated heterocycles. The van der Waals surface area contributed by atoms with E-state index in [-0.39, 0.29) is 12.6 Å². The minimum Gasteiger partial charge on any atom is -0.388 e. The molecule has 0 aromatic heterocycles. The quantitative estimate of drug-likeness (QED) is 0.708. The molecule has 3 N–H and O–H groups in total. The number of aliphatic hydroxyl groups is 1. The maximum atomic E-state index is 11.9. The highest BCUT2D eigenvalue weighted by Crippen LogP contribution is 2.19. The minimum absolute atomic E-state index is 0.0579. The van der Waals surface area contributed by atoms with Crippen LogP contribution in [0.2, 0.25) is 0 Å². The van der Waals surface area contributed by atoms with Gasteiger partial charge in [0.15, 0.2) is 0 Å². The third kappa shape index (κ3) is 4.54. The lowest BCUT2D eigenvalue weighted by Gasteiger charge is -2.31. The van der Waals surface area contributed by atoms with Crippen LogP contribution >= 0.6 is 0 Å². The summed E-state index contributed by atoms with van der Waals surface area (Å²) in [4.78, 5) is 23.7. The van der Waals surface area contributed by atoms with Crippen LogP contribution in [-0.4, -0.2) is 42.3 Å². The molecule has 1 aromatic rings. The number of rotatable bonds is 4. The Morgan fingerprint density at radius 2 is 1.86 bits per heavy atom. The van der Waals surface area contributed by atoms with Crippen LogP contribution in [0, 0.1) is 0 Å². The van der Waals surface area contributed by atoms with Gasteiger partial charge in [-0.2, -0.15) is 0 Å². The van der Waals surface area contributed by atoms with Crippen LogP contribution in [0.5, 0.6) is 0 Å². The molecular formula is C16H22N2O4. The van der Waals surface area contributed by atoms with Crippen molar-refractivity contribution < 1.29 is 19.4 Å². The van der Waals surface area contributed by atoms with Crippen LogP contribution in [-0.2, 0) is 14.3 Å². The van der Waals surface area contributed by atoms with Crippen LogP contribution in [0.4, 0.5) is 0 Å². The van der Waals surface area contributed by atoms with Gasteiger partial charge in [0, 0.05) is 32.6 Å². The first-order valence-electron chi connectivity index (χ1n) is 7.44. The molecule has 0 bridgehead atoms. The van der Waals surface area contributed by atoms with E-state index < -0.39 is 17.4 Å². The normalized spacial score (nSPS) is 18.3. The third-order valence-electron chi connectivity index (χ3n) is 3.85. The molecule has 1 aromatic carbocycles. The lowest BCUT2D eigenvalue weighted by Crippen LogP contribution is -2.50. The second-order valence-corrected chi connectivity index (χ2v) is 5.63. The van der Waals surface area contributed by atoms with E-state index in [0.717, 1.165) is 5.56 Å². The molecule has 0 saturated carbocycles. The third-order valence-corrected chi connectivity index (χ3v) is 3.85. The van der Waals surface area contributed by atoms with Crippen LogP contribution in [0.3, 0.4) is 0 Å². The number of nitrogens with one attached hydrogen (secondary N) is 2. The monoisotopic (exact) mass is 306 g/mol. The summed E-state index contributed by atoms with van der Waals surface area (Å²) < 4.78 is 5.17. The number of hydrogen-bond acceptors (Lipinski definition) is 4. The highest BCUT2D eigenvalue weighted by Gasteiger charge is 2.31. The Balaban J connectivity index is 1.81. The first kappa shape index (κ1) is 16.5. The molecule has 1 fully saturated rings. The summed E-state index contributed by atoms with van der Waals surface area (Å²) in [6, 6.07) is 9.14. The number of carbonyl (C=O) groups is 2. The standard InChI is InChI=1S/C16H22N2O4/c1-12(13-5-3-2-4-6-13)18-15(20)14(19)17-11-16(21)7-9-22-10-8-16/h2-6,12,21H,7-11H2,1H3,(H,17,19)(H,18,20). The van der Waals surface area contributed by atoms with Crippen molar-refractivity contribution in [1.29, 1.82) is 0 Å². The van der Waals surface area contributed by atoms with E-state index >= 15 is 0 Å². The van der Waals surface area contributed by atoms with E-state index in [1.807, 2.05) is 37.3 Å². The molecule has 1 aliphatic heterocycles. The molecule has 1 atom stereocenters. The summed E-state index contributed by atoms with van der Waals surface area (Å²) in [5.41, 5.74) is -0.0640. The van der Waals surface area contributed by atoms with E-state index in [2.05, 4.69) is 10.6 Å². The SMILES string of the molecule is CC(NC(=O)C(=O)NCC1(O)CCOCC1)c1ccccc1. The Bertz CT molecular complexity index is 512. The highest BCUT2D eigenvalue weighted by molar-refractivity contribution is 6.35. The van der Waals surface area contributed by atoms with E-state index in [1.54, 1.807) is 0 Å². The average molecular weight is 306 g/mol. The predicted molar refractivity (Wildman–Crippen MR) is 81.0 cm³/mol. The molecule has 6 nitrogen and oxygen atoms in total. The van der Waals surface area contributed by atoms with Crippen LogP contribution in [0.1, 0.15) is 31.4 Å². The molecule has 1 unspecified atom stereocenters. The van der Waals surface area contributed by atoms with E-state index in [4.69, 9.17) is 4.74 Å². The van der Waals surface area contributed by atoms with Gasteiger partial charge < -0.3 is 20.5 Å². The van der Waals surface area contributed by atoms with E-state index in [9.17, 15) is 14.7 Å². The Kier molecular flexibility index (Phi) is 5.51. The Labute approximate surface area is 129 Å². The molecular weight excluding hydrogens is 284 g/mol. The molecule has 120 valence electrons. The van der Waals surface area contributed by atoms with Crippen molar-refractivity contribution in [1.82, 2.24) is 10.6 Å². The Morgan fingerprint density at radius 1 is 1.23 bits per heavy atom. The number of benzene rings is 1. The van der Waals surface area contributed by atoms with Gasteiger partial charge >= 0.3 is 11.8 Å². The molecule has 0 radical (unpaired) electrons. The summed E-state index contributed by atoms with van der Waals surface area (Å²) in [5, 5.41) is 15.4. The first-order chi connectivity index (χ1) is 10.5. The van der Waals surface area contributed by atoms with E-state index in [0.29, 0.717) is 26.1 Å². The van der Waals surface area contributed by atoms with Crippen molar-refractivity contribution in [2.75, 3.05) is 19.8 Å². The molecule has 22 heavy (non-hydrogen) atoms. The van der Waals surface area contributed by atoms with Gasteiger partial charge in [0.05, 0.1) is 11.6 Å². The molecule has 1 aliphatic rings. The van der Waals surface area contributed by atoms with Crippen LogP contribution in [0.15, 0.2) is 30.3 Å². The van der Waals surface area contributed by atoms with Crippen molar-refractivity contribution in [3.63, 3.8) is 0 Å². The van der Waals surface area contributed by atoms with Gasteiger partial charge in [-0.3, -0.25) is 9.59 Å². The Morgan fingerprint density at radius 3 is 2.50 bits per heavy atom. The van der Waals surface area contributed by atoms with Crippen molar-refractivity contribution in [3.8, 4) is 0 Å². The average Bonchev–Trinajstić information content (AvgIpc) is 2.54. The zero-order chi connectivity index (χ0) is 16.0. The van der Waals surface area contributed by atoms with Crippen molar-refractivity contribution in [3.05, 3.63) is 35.9 Å². The lowest BCUT2D eigenvalue weighted by molar-refractivity contribution is -0.140. The Hall–Kier alpha value is -1.92. The van der Waals surface area contributed by atoms with Gasteiger partial charge in [-0.25, -0.2) is 0 Å². The smallest absolute Gasteiger partial charge is 0.309 e. The van der Waals surface area contributed by atoms with Gasteiger partial charge in [0.1, 0.15) is 0 Å². The summed E-state index contributed by atoms with van der Waals surface area (Å²) in [6.07, 6.45) is 0.907. The molecule has 6 heteroatoms. The molecule has 1 heterocycles. The molecule has 2 rings (SSSR count). The second kappa shape index (κ2) is 7.38. The van der Waals surface area contributed by atoms with Crippen molar-refractivity contribution >= 4 is 11.8 Å². The lowest BCUT2D eigenvalue weighted by atomic mass is 9.94. The van der Waals surface area contributed by atoms with Crippen molar-refractivity contribution in [2.45, 2.75) is 31.4 Å². The fraction of sp³-hybridized carbons (Fsp3) is 0.500.